The number of carbonyl (C=O) groups is 1. The molecule has 1 aliphatic rings. The summed E-state index contributed by atoms with van der Waals surface area (Å²) >= 11 is 9.51. The van der Waals surface area contributed by atoms with Crippen molar-refractivity contribution in [3.05, 3.63) is 128 Å². The number of carbonyl (C=O) groups excluding carboxylic acids is 1. The van der Waals surface area contributed by atoms with Crippen molar-refractivity contribution >= 4 is 39.7 Å². The molecule has 5 rings (SSSR count). The number of benzene rings is 4. The summed E-state index contributed by atoms with van der Waals surface area (Å²) in [4.78, 5) is 15.1. The van der Waals surface area contributed by atoms with Crippen LogP contribution in [0.1, 0.15) is 38.2 Å². The highest BCUT2D eigenvalue weighted by Gasteiger charge is 2.16. The van der Waals surface area contributed by atoms with Gasteiger partial charge in [-0.2, -0.15) is 5.10 Å². The zero-order valence-corrected chi connectivity index (χ0v) is 24.4. The number of hydrazone groups is 1. The van der Waals surface area contributed by atoms with E-state index in [2.05, 4.69) is 55.6 Å². The van der Waals surface area contributed by atoms with Gasteiger partial charge >= 0.3 is 0 Å². The fourth-order valence-corrected chi connectivity index (χ4v) is 5.33. The number of hydrogen-bond acceptors (Lipinski definition) is 5. The fraction of sp³-hybridized carbons (Fsp3) is 0.188. The largest absolute Gasteiger partial charge is 0.493 e. The molecular formula is C32H29BrClN3O3. The Labute approximate surface area is 247 Å². The first-order valence-electron chi connectivity index (χ1n) is 12.9. The third-order valence-electron chi connectivity index (χ3n) is 6.76. The molecule has 8 heteroatoms. The van der Waals surface area contributed by atoms with Crippen LogP contribution in [0.5, 0.6) is 11.5 Å². The van der Waals surface area contributed by atoms with Crippen molar-refractivity contribution in [3.63, 3.8) is 0 Å². The van der Waals surface area contributed by atoms with Crippen molar-refractivity contribution < 1.29 is 14.3 Å². The van der Waals surface area contributed by atoms with Gasteiger partial charge in [0.1, 0.15) is 6.61 Å². The molecule has 0 bridgehead atoms. The highest BCUT2D eigenvalue weighted by Crippen LogP contribution is 2.37. The molecule has 0 fully saturated rings. The standard InChI is InChI=1S/C32H29BrClN3O3/c1-39-30-17-24(16-29(33)31(30)40-21-23-8-12-28(34)13-9-23)18-35-36-32(38)26-10-6-22(7-11-26)19-37-15-14-25-4-2-3-5-27(25)20-37/h2-13,16-18H,14-15,19-21H2,1H3,(H,36,38)/b35-18-. The normalized spacial score (nSPS) is 13.2. The Bertz CT molecular complexity index is 1510. The summed E-state index contributed by atoms with van der Waals surface area (Å²) in [7, 11) is 1.58. The molecule has 0 spiro atoms. The average molecular weight is 619 g/mol. The molecule has 1 N–H and O–H groups in total. The number of methoxy groups -OCH3 is 1. The Balaban J connectivity index is 1.15. The highest BCUT2D eigenvalue weighted by molar-refractivity contribution is 9.10. The van der Waals surface area contributed by atoms with E-state index in [-0.39, 0.29) is 5.91 Å². The van der Waals surface area contributed by atoms with Crippen LogP contribution >= 0.6 is 27.5 Å². The maximum atomic E-state index is 12.7. The summed E-state index contributed by atoms with van der Waals surface area (Å²) in [5.41, 5.74) is 8.89. The molecule has 0 unspecified atom stereocenters. The fourth-order valence-electron chi connectivity index (χ4n) is 4.63. The predicted molar refractivity (Wildman–Crippen MR) is 162 cm³/mol. The molecule has 0 saturated heterocycles. The van der Waals surface area contributed by atoms with E-state index >= 15 is 0 Å². The van der Waals surface area contributed by atoms with Crippen LogP contribution in [-0.4, -0.2) is 30.7 Å². The minimum atomic E-state index is -0.274. The summed E-state index contributed by atoms with van der Waals surface area (Å²) in [5.74, 6) is 0.847. The molecule has 204 valence electrons. The van der Waals surface area contributed by atoms with Crippen molar-refractivity contribution in [2.45, 2.75) is 26.1 Å². The van der Waals surface area contributed by atoms with Gasteiger partial charge in [-0.15, -0.1) is 0 Å². The molecule has 0 radical (unpaired) electrons. The van der Waals surface area contributed by atoms with Crippen LogP contribution in [0.25, 0.3) is 0 Å². The summed E-state index contributed by atoms with van der Waals surface area (Å²) in [6, 6.07) is 27.4. The van der Waals surface area contributed by atoms with E-state index in [1.807, 2.05) is 54.6 Å². The minimum Gasteiger partial charge on any atom is -0.493 e. The first-order chi connectivity index (χ1) is 19.5. The van der Waals surface area contributed by atoms with E-state index < -0.39 is 0 Å². The molecule has 1 heterocycles. The van der Waals surface area contributed by atoms with Gasteiger partial charge in [0, 0.05) is 30.2 Å². The second kappa shape index (κ2) is 13.1. The molecule has 6 nitrogen and oxygen atoms in total. The monoisotopic (exact) mass is 617 g/mol. The molecule has 1 amide bonds. The van der Waals surface area contributed by atoms with Crippen LogP contribution < -0.4 is 14.9 Å². The van der Waals surface area contributed by atoms with Crippen LogP contribution in [0.15, 0.2) is 94.5 Å². The lowest BCUT2D eigenvalue weighted by Gasteiger charge is -2.28. The van der Waals surface area contributed by atoms with Gasteiger partial charge in [0.2, 0.25) is 0 Å². The van der Waals surface area contributed by atoms with Crippen molar-refractivity contribution in [2.24, 2.45) is 5.10 Å². The molecule has 0 aromatic heterocycles. The maximum absolute atomic E-state index is 12.7. The van der Waals surface area contributed by atoms with Crippen molar-refractivity contribution in [1.82, 2.24) is 10.3 Å². The number of amides is 1. The lowest BCUT2D eigenvalue weighted by Crippen LogP contribution is -2.30. The Morgan fingerprint density at radius 3 is 2.50 bits per heavy atom. The first-order valence-corrected chi connectivity index (χ1v) is 14.1. The predicted octanol–water partition coefficient (Wildman–Crippen LogP) is 7.01. The van der Waals surface area contributed by atoms with Gasteiger partial charge in [0.05, 0.1) is 17.8 Å². The summed E-state index contributed by atoms with van der Waals surface area (Å²) in [5, 5.41) is 4.82. The van der Waals surface area contributed by atoms with Crippen LogP contribution in [0.4, 0.5) is 0 Å². The van der Waals surface area contributed by atoms with E-state index in [1.54, 1.807) is 19.4 Å². The summed E-state index contributed by atoms with van der Waals surface area (Å²) in [6.07, 6.45) is 2.63. The molecule has 0 aliphatic carbocycles. The number of nitrogens with zero attached hydrogens (tertiary/aromatic N) is 2. The number of halogens is 2. The topological polar surface area (TPSA) is 63.2 Å². The second-order valence-electron chi connectivity index (χ2n) is 9.57. The summed E-state index contributed by atoms with van der Waals surface area (Å²) in [6.45, 7) is 3.19. The Morgan fingerprint density at radius 1 is 1.02 bits per heavy atom. The highest BCUT2D eigenvalue weighted by atomic mass is 79.9. The minimum absolute atomic E-state index is 0.274. The van der Waals surface area contributed by atoms with Gasteiger partial charge < -0.3 is 9.47 Å². The molecule has 0 saturated carbocycles. The third-order valence-corrected chi connectivity index (χ3v) is 7.60. The van der Waals surface area contributed by atoms with Crippen LogP contribution in [0, 0.1) is 0 Å². The molecular weight excluding hydrogens is 590 g/mol. The van der Waals surface area contributed by atoms with Crippen molar-refractivity contribution in [1.29, 1.82) is 0 Å². The number of ether oxygens (including phenoxy) is 2. The van der Waals surface area contributed by atoms with Gasteiger partial charge in [-0.1, -0.05) is 60.1 Å². The van der Waals surface area contributed by atoms with Crippen LogP contribution in [0.3, 0.4) is 0 Å². The molecule has 4 aromatic rings. The smallest absolute Gasteiger partial charge is 0.271 e. The molecule has 4 aromatic carbocycles. The van der Waals surface area contributed by atoms with Crippen LogP contribution in [-0.2, 0) is 26.1 Å². The number of rotatable bonds is 9. The van der Waals surface area contributed by atoms with Gasteiger partial charge in [-0.05, 0) is 86.6 Å². The Hall–Kier alpha value is -3.65. The van der Waals surface area contributed by atoms with E-state index in [1.165, 1.54) is 16.7 Å². The SMILES string of the molecule is COc1cc(/C=N\NC(=O)c2ccc(CN3CCc4ccccc4C3)cc2)cc(Br)c1OCc1ccc(Cl)cc1. The van der Waals surface area contributed by atoms with Crippen molar-refractivity contribution in [3.8, 4) is 11.5 Å². The Kier molecular flexibility index (Phi) is 9.16. The van der Waals surface area contributed by atoms with Gasteiger partial charge in [0.15, 0.2) is 11.5 Å². The zero-order chi connectivity index (χ0) is 27.9. The lowest BCUT2D eigenvalue weighted by molar-refractivity contribution is 0.0955. The molecule has 0 atom stereocenters. The Morgan fingerprint density at radius 2 is 1.75 bits per heavy atom. The zero-order valence-electron chi connectivity index (χ0n) is 22.1. The lowest BCUT2D eigenvalue weighted by atomic mass is 9.99. The number of nitrogens with one attached hydrogen (secondary N) is 1. The van der Waals surface area contributed by atoms with E-state index in [4.69, 9.17) is 21.1 Å². The van der Waals surface area contributed by atoms with Crippen LogP contribution in [0.2, 0.25) is 5.02 Å². The van der Waals surface area contributed by atoms with E-state index in [9.17, 15) is 4.79 Å². The van der Waals surface area contributed by atoms with E-state index in [0.29, 0.717) is 33.2 Å². The first kappa shape index (κ1) is 27.9. The van der Waals surface area contributed by atoms with Crippen molar-refractivity contribution in [2.75, 3.05) is 13.7 Å². The second-order valence-corrected chi connectivity index (χ2v) is 10.9. The number of hydrogen-bond donors (Lipinski definition) is 1. The average Bonchev–Trinajstić information content (AvgIpc) is 2.97. The van der Waals surface area contributed by atoms with Gasteiger partial charge in [-0.3, -0.25) is 9.69 Å². The summed E-state index contributed by atoms with van der Waals surface area (Å²) < 4.78 is 12.2. The van der Waals surface area contributed by atoms with E-state index in [0.717, 1.165) is 37.2 Å². The molecule has 40 heavy (non-hydrogen) atoms. The quantitative estimate of drug-likeness (QED) is 0.162. The number of fused-ring (bicyclic) bond motifs is 1. The maximum Gasteiger partial charge on any atom is 0.271 e. The van der Waals surface area contributed by atoms with Gasteiger partial charge in [0.25, 0.3) is 5.91 Å². The molecule has 1 aliphatic heterocycles. The van der Waals surface area contributed by atoms with Gasteiger partial charge in [-0.25, -0.2) is 5.43 Å². The third kappa shape index (κ3) is 7.10.